The molecular weight excluding hydrogens is 246 g/mol. The van der Waals surface area contributed by atoms with Crippen LogP contribution in [0.15, 0.2) is 36.5 Å². The molecule has 1 aromatic carbocycles. The topological polar surface area (TPSA) is 100 Å². The number of carbonyl (C=O) groups excluding carboxylic acids is 1. The summed E-state index contributed by atoms with van der Waals surface area (Å²) in [4.78, 5) is 15.3. The SMILES string of the molecule is COc1cccc(Oc2ncc(N)cc2C(N)=O)c1. The van der Waals surface area contributed by atoms with Crippen LogP contribution in [-0.2, 0) is 0 Å². The number of anilines is 1. The average Bonchev–Trinajstić information content (AvgIpc) is 2.41. The molecule has 0 unspecified atom stereocenters. The van der Waals surface area contributed by atoms with Gasteiger partial charge in [-0.3, -0.25) is 4.79 Å². The van der Waals surface area contributed by atoms with Crippen LogP contribution in [-0.4, -0.2) is 18.0 Å². The maximum atomic E-state index is 11.3. The highest BCUT2D eigenvalue weighted by Gasteiger charge is 2.12. The van der Waals surface area contributed by atoms with E-state index in [2.05, 4.69) is 4.98 Å². The zero-order valence-electron chi connectivity index (χ0n) is 10.3. The Hall–Kier alpha value is -2.76. The van der Waals surface area contributed by atoms with Crippen LogP contribution in [0, 0.1) is 0 Å². The summed E-state index contributed by atoms with van der Waals surface area (Å²) in [5.41, 5.74) is 11.3. The molecule has 2 rings (SSSR count). The predicted octanol–water partition coefficient (Wildman–Crippen LogP) is 1.56. The first kappa shape index (κ1) is 12.7. The van der Waals surface area contributed by atoms with Gasteiger partial charge < -0.3 is 20.9 Å². The lowest BCUT2D eigenvalue weighted by Gasteiger charge is -2.09. The molecule has 1 aromatic heterocycles. The van der Waals surface area contributed by atoms with E-state index >= 15 is 0 Å². The van der Waals surface area contributed by atoms with Crippen LogP contribution in [0.2, 0.25) is 0 Å². The molecular formula is C13H13N3O3. The molecule has 6 heteroatoms. The summed E-state index contributed by atoms with van der Waals surface area (Å²) in [6.07, 6.45) is 1.39. The fourth-order valence-electron chi connectivity index (χ4n) is 1.50. The van der Waals surface area contributed by atoms with E-state index in [1.807, 2.05) is 0 Å². The molecule has 0 spiro atoms. The van der Waals surface area contributed by atoms with Crippen molar-refractivity contribution in [2.24, 2.45) is 5.73 Å². The van der Waals surface area contributed by atoms with Gasteiger partial charge in [0.25, 0.3) is 5.91 Å². The number of methoxy groups -OCH3 is 1. The Morgan fingerprint density at radius 2 is 2.00 bits per heavy atom. The number of pyridine rings is 1. The van der Waals surface area contributed by atoms with Gasteiger partial charge in [0.05, 0.1) is 19.0 Å². The maximum Gasteiger partial charge on any atom is 0.254 e. The van der Waals surface area contributed by atoms with Gasteiger partial charge in [-0.25, -0.2) is 4.98 Å². The third-order valence-electron chi connectivity index (χ3n) is 2.39. The summed E-state index contributed by atoms with van der Waals surface area (Å²) in [5.74, 6) is 0.570. The Kier molecular flexibility index (Phi) is 3.51. The molecule has 0 bridgehead atoms. The van der Waals surface area contributed by atoms with Crippen LogP contribution in [0.1, 0.15) is 10.4 Å². The number of nitrogens with zero attached hydrogens (tertiary/aromatic N) is 1. The number of hydrogen-bond acceptors (Lipinski definition) is 5. The van der Waals surface area contributed by atoms with Crippen LogP contribution < -0.4 is 20.9 Å². The van der Waals surface area contributed by atoms with Gasteiger partial charge in [0.1, 0.15) is 17.1 Å². The number of benzene rings is 1. The highest BCUT2D eigenvalue weighted by atomic mass is 16.5. The molecule has 0 saturated carbocycles. The Balaban J connectivity index is 2.34. The van der Waals surface area contributed by atoms with Crippen molar-refractivity contribution < 1.29 is 14.3 Å². The summed E-state index contributed by atoms with van der Waals surface area (Å²) in [5, 5.41) is 0. The van der Waals surface area contributed by atoms with Crippen molar-refractivity contribution in [3.8, 4) is 17.4 Å². The number of nitrogens with two attached hydrogens (primary N) is 2. The first-order valence-corrected chi connectivity index (χ1v) is 5.47. The van der Waals surface area contributed by atoms with Crippen molar-refractivity contribution in [2.75, 3.05) is 12.8 Å². The molecule has 0 saturated heterocycles. The van der Waals surface area contributed by atoms with Crippen molar-refractivity contribution in [2.45, 2.75) is 0 Å². The summed E-state index contributed by atoms with van der Waals surface area (Å²) < 4.78 is 10.6. The van der Waals surface area contributed by atoms with Gasteiger partial charge in [0.15, 0.2) is 0 Å². The Morgan fingerprint density at radius 3 is 2.68 bits per heavy atom. The minimum absolute atomic E-state index is 0.106. The Morgan fingerprint density at radius 1 is 1.26 bits per heavy atom. The fraction of sp³-hybridized carbons (Fsp3) is 0.0769. The second-order valence-electron chi connectivity index (χ2n) is 3.77. The van der Waals surface area contributed by atoms with E-state index in [9.17, 15) is 4.79 Å². The number of carbonyl (C=O) groups is 1. The van der Waals surface area contributed by atoms with Crippen molar-refractivity contribution in [3.05, 3.63) is 42.1 Å². The zero-order valence-corrected chi connectivity index (χ0v) is 10.3. The molecule has 0 aliphatic heterocycles. The molecule has 1 amide bonds. The first-order chi connectivity index (χ1) is 9.10. The van der Waals surface area contributed by atoms with Crippen molar-refractivity contribution in [1.82, 2.24) is 4.98 Å². The molecule has 19 heavy (non-hydrogen) atoms. The molecule has 98 valence electrons. The van der Waals surface area contributed by atoms with Crippen LogP contribution in [0.5, 0.6) is 17.4 Å². The van der Waals surface area contributed by atoms with E-state index in [1.54, 1.807) is 31.4 Å². The molecule has 4 N–H and O–H groups in total. The van der Waals surface area contributed by atoms with Crippen LogP contribution in [0.25, 0.3) is 0 Å². The van der Waals surface area contributed by atoms with Gasteiger partial charge in [-0.2, -0.15) is 0 Å². The van der Waals surface area contributed by atoms with Gasteiger partial charge in [0, 0.05) is 6.07 Å². The quantitative estimate of drug-likeness (QED) is 0.867. The standard InChI is InChI=1S/C13H13N3O3/c1-18-9-3-2-4-10(6-9)19-13-11(12(15)17)5-8(14)7-16-13/h2-7H,14H2,1H3,(H2,15,17). The van der Waals surface area contributed by atoms with Crippen LogP contribution in [0.3, 0.4) is 0 Å². The fourth-order valence-corrected chi connectivity index (χ4v) is 1.50. The molecule has 6 nitrogen and oxygen atoms in total. The Labute approximate surface area is 110 Å². The normalized spacial score (nSPS) is 9.95. The van der Waals surface area contributed by atoms with Crippen molar-refractivity contribution in [3.63, 3.8) is 0 Å². The number of ether oxygens (including phenoxy) is 2. The van der Waals surface area contributed by atoms with Gasteiger partial charge in [-0.05, 0) is 18.2 Å². The average molecular weight is 259 g/mol. The van der Waals surface area contributed by atoms with E-state index in [0.29, 0.717) is 17.2 Å². The van der Waals surface area contributed by atoms with E-state index in [0.717, 1.165) is 0 Å². The van der Waals surface area contributed by atoms with Gasteiger partial charge in [-0.15, -0.1) is 0 Å². The lowest BCUT2D eigenvalue weighted by molar-refractivity contribution is 0.0997. The second-order valence-corrected chi connectivity index (χ2v) is 3.77. The number of hydrogen-bond donors (Lipinski definition) is 2. The lowest BCUT2D eigenvalue weighted by atomic mass is 10.2. The number of rotatable bonds is 4. The molecule has 2 aromatic rings. The largest absolute Gasteiger partial charge is 0.497 e. The summed E-state index contributed by atoms with van der Waals surface area (Å²) in [6.45, 7) is 0. The number of primary amides is 1. The van der Waals surface area contributed by atoms with Crippen LogP contribution in [0.4, 0.5) is 5.69 Å². The summed E-state index contributed by atoms with van der Waals surface area (Å²) in [6, 6.07) is 8.34. The number of aromatic nitrogens is 1. The predicted molar refractivity (Wildman–Crippen MR) is 70.2 cm³/mol. The smallest absolute Gasteiger partial charge is 0.254 e. The highest BCUT2D eigenvalue weighted by molar-refractivity contribution is 5.95. The van der Waals surface area contributed by atoms with E-state index in [1.165, 1.54) is 12.3 Å². The minimum Gasteiger partial charge on any atom is -0.497 e. The molecule has 0 aliphatic rings. The monoisotopic (exact) mass is 259 g/mol. The van der Waals surface area contributed by atoms with E-state index < -0.39 is 5.91 Å². The molecule has 0 radical (unpaired) electrons. The minimum atomic E-state index is -0.655. The third-order valence-corrected chi connectivity index (χ3v) is 2.39. The summed E-state index contributed by atoms with van der Waals surface area (Å²) in [7, 11) is 1.55. The van der Waals surface area contributed by atoms with Gasteiger partial charge in [-0.1, -0.05) is 6.07 Å². The second kappa shape index (κ2) is 5.26. The van der Waals surface area contributed by atoms with Crippen molar-refractivity contribution in [1.29, 1.82) is 0 Å². The zero-order chi connectivity index (χ0) is 13.8. The molecule has 0 atom stereocenters. The molecule has 0 fully saturated rings. The van der Waals surface area contributed by atoms with Gasteiger partial charge >= 0.3 is 0 Å². The lowest BCUT2D eigenvalue weighted by Crippen LogP contribution is -2.13. The third kappa shape index (κ3) is 2.92. The van der Waals surface area contributed by atoms with E-state index in [-0.39, 0.29) is 11.4 Å². The number of amides is 1. The van der Waals surface area contributed by atoms with E-state index in [4.69, 9.17) is 20.9 Å². The van der Waals surface area contributed by atoms with Crippen LogP contribution >= 0.6 is 0 Å². The molecule has 1 heterocycles. The number of nitrogen functional groups attached to an aromatic ring is 1. The van der Waals surface area contributed by atoms with Crippen molar-refractivity contribution >= 4 is 11.6 Å². The highest BCUT2D eigenvalue weighted by Crippen LogP contribution is 2.26. The Bertz CT molecular complexity index is 614. The first-order valence-electron chi connectivity index (χ1n) is 5.47. The molecule has 0 aliphatic carbocycles. The van der Waals surface area contributed by atoms with Gasteiger partial charge in [0.2, 0.25) is 5.88 Å². The maximum absolute atomic E-state index is 11.3. The summed E-state index contributed by atoms with van der Waals surface area (Å²) >= 11 is 0.